The molecule has 1 N–H and O–H groups in total. The first-order chi connectivity index (χ1) is 13.2. The van der Waals surface area contributed by atoms with Gasteiger partial charge in [0.25, 0.3) is 0 Å². The van der Waals surface area contributed by atoms with Crippen LogP contribution in [-0.2, 0) is 27.2 Å². The van der Waals surface area contributed by atoms with E-state index in [4.69, 9.17) is 9.47 Å². The number of esters is 1. The molecule has 2 aromatic rings. The highest BCUT2D eigenvalue weighted by Crippen LogP contribution is 2.40. The number of hydrogen-bond acceptors (Lipinski definition) is 5. The number of nitrogens with one attached hydrogen (secondary N) is 1. The van der Waals surface area contributed by atoms with Gasteiger partial charge >= 0.3 is 12.1 Å². The van der Waals surface area contributed by atoms with E-state index in [2.05, 4.69) is 22.6 Å². The number of ether oxygens (including phenoxy) is 2. The van der Waals surface area contributed by atoms with Gasteiger partial charge in [-0.15, -0.1) is 0 Å². The summed E-state index contributed by atoms with van der Waals surface area (Å²) < 4.78 is 12.3. The van der Waals surface area contributed by atoms with Gasteiger partial charge in [0.15, 0.2) is 0 Å². The molecule has 1 amide bonds. The summed E-state index contributed by atoms with van der Waals surface area (Å²) in [6, 6.07) is 2.16. The molecule has 28 heavy (non-hydrogen) atoms. The third-order valence-electron chi connectivity index (χ3n) is 4.46. The third-order valence-corrected chi connectivity index (χ3v) is 4.46. The van der Waals surface area contributed by atoms with Gasteiger partial charge in [-0.25, -0.2) is 9.78 Å². The summed E-state index contributed by atoms with van der Waals surface area (Å²) in [6.45, 7) is 7.96. The number of aryl methyl sites for hydroxylation is 1. The van der Waals surface area contributed by atoms with Gasteiger partial charge in [0.2, 0.25) is 0 Å². The van der Waals surface area contributed by atoms with Crippen LogP contribution in [-0.4, -0.2) is 33.7 Å². The first-order valence-corrected chi connectivity index (χ1v) is 9.88. The van der Waals surface area contributed by atoms with Gasteiger partial charge in [-0.05, 0) is 64.0 Å². The highest BCUT2D eigenvalue weighted by atomic mass is 16.6. The minimum absolute atomic E-state index is 0.198. The summed E-state index contributed by atoms with van der Waals surface area (Å²) >= 11 is 0. The third kappa shape index (κ3) is 5.47. The standard InChI is InChI=1S/C21H29N3O4/c1-5-27-18(25)9-8-15-10-16(14-6-7-14)12-24-13-17(23-19(15)24)11-22-20(26)28-21(2,3)4/h10,12-14H,5-9,11H2,1-4H3,(H,22,26). The van der Waals surface area contributed by atoms with E-state index in [1.807, 2.05) is 38.3 Å². The van der Waals surface area contributed by atoms with Gasteiger partial charge in [-0.2, -0.15) is 0 Å². The Bertz CT molecular complexity index is 862. The SMILES string of the molecule is CCOC(=O)CCc1cc(C2CC2)cn2cc(CNC(=O)OC(C)(C)C)nc12. The second-order valence-electron chi connectivity index (χ2n) is 8.20. The molecule has 1 aliphatic carbocycles. The maximum absolute atomic E-state index is 11.9. The lowest BCUT2D eigenvalue weighted by molar-refractivity contribution is -0.143. The van der Waals surface area contributed by atoms with Crippen LogP contribution in [0.1, 0.15) is 69.7 Å². The molecule has 152 valence electrons. The molecule has 0 atom stereocenters. The maximum atomic E-state index is 11.9. The predicted molar refractivity (Wildman–Crippen MR) is 105 cm³/mol. The van der Waals surface area contributed by atoms with Gasteiger partial charge in [-0.1, -0.05) is 6.07 Å². The zero-order chi connectivity index (χ0) is 20.3. The Labute approximate surface area is 165 Å². The molecular weight excluding hydrogens is 358 g/mol. The van der Waals surface area contributed by atoms with Crippen molar-refractivity contribution in [2.45, 2.75) is 71.4 Å². The first-order valence-electron chi connectivity index (χ1n) is 9.88. The van der Waals surface area contributed by atoms with Crippen LogP contribution in [0.15, 0.2) is 18.5 Å². The van der Waals surface area contributed by atoms with Crippen molar-refractivity contribution < 1.29 is 19.1 Å². The number of imidazole rings is 1. The number of carbonyl (C=O) groups is 2. The summed E-state index contributed by atoms with van der Waals surface area (Å²) in [5.74, 6) is 0.396. The Hall–Kier alpha value is -2.57. The van der Waals surface area contributed by atoms with Gasteiger partial charge < -0.3 is 19.2 Å². The monoisotopic (exact) mass is 387 g/mol. The molecular formula is C21H29N3O4. The molecule has 0 spiro atoms. The summed E-state index contributed by atoms with van der Waals surface area (Å²) in [5, 5.41) is 2.74. The maximum Gasteiger partial charge on any atom is 0.407 e. The van der Waals surface area contributed by atoms with Crippen molar-refractivity contribution in [2.75, 3.05) is 6.61 Å². The highest BCUT2D eigenvalue weighted by molar-refractivity contribution is 5.70. The highest BCUT2D eigenvalue weighted by Gasteiger charge is 2.25. The fourth-order valence-corrected chi connectivity index (χ4v) is 3.10. The van der Waals surface area contributed by atoms with Crippen LogP contribution < -0.4 is 5.32 Å². The van der Waals surface area contributed by atoms with Crippen LogP contribution in [0.3, 0.4) is 0 Å². The van der Waals surface area contributed by atoms with E-state index in [0.717, 1.165) is 16.9 Å². The van der Waals surface area contributed by atoms with Crippen LogP contribution in [0.25, 0.3) is 5.65 Å². The number of pyridine rings is 1. The van der Waals surface area contributed by atoms with Crippen molar-refractivity contribution >= 4 is 17.7 Å². The topological polar surface area (TPSA) is 81.9 Å². The average Bonchev–Trinajstić information content (AvgIpc) is 3.36. The number of alkyl carbamates (subject to hydrolysis) is 1. The minimum Gasteiger partial charge on any atom is -0.466 e. The Balaban J connectivity index is 1.76. The van der Waals surface area contributed by atoms with Crippen molar-refractivity contribution in [3.63, 3.8) is 0 Å². The lowest BCUT2D eigenvalue weighted by Crippen LogP contribution is -2.32. The Morgan fingerprint density at radius 3 is 2.68 bits per heavy atom. The predicted octanol–water partition coefficient (Wildman–Crippen LogP) is 3.73. The molecule has 0 aromatic carbocycles. The van der Waals surface area contributed by atoms with Crippen LogP contribution >= 0.6 is 0 Å². The van der Waals surface area contributed by atoms with Gasteiger partial charge in [0.05, 0.1) is 18.8 Å². The van der Waals surface area contributed by atoms with Gasteiger partial charge in [0, 0.05) is 18.8 Å². The second-order valence-corrected chi connectivity index (χ2v) is 8.20. The normalized spacial score (nSPS) is 14.1. The number of nitrogens with zero attached hydrogens (tertiary/aromatic N) is 2. The lowest BCUT2D eigenvalue weighted by atomic mass is 10.1. The molecule has 2 heterocycles. The zero-order valence-electron chi connectivity index (χ0n) is 17.1. The zero-order valence-corrected chi connectivity index (χ0v) is 17.1. The largest absolute Gasteiger partial charge is 0.466 e. The van der Waals surface area contributed by atoms with Crippen LogP contribution in [0, 0.1) is 0 Å². The Morgan fingerprint density at radius 2 is 2.04 bits per heavy atom. The molecule has 1 fully saturated rings. The van der Waals surface area contributed by atoms with E-state index in [0.29, 0.717) is 25.4 Å². The molecule has 7 nitrogen and oxygen atoms in total. The van der Waals surface area contributed by atoms with E-state index in [9.17, 15) is 9.59 Å². The van der Waals surface area contributed by atoms with E-state index < -0.39 is 11.7 Å². The minimum atomic E-state index is -0.539. The van der Waals surface area contributed by atoms with Crippen LogP contribution in [0.2, 0.25) is 0 Å². The van der Waals surface area contributed by atoms with Crippen molar-refractivity contribution in [1.82, 2.24) is 14.7 Å². The van der Waals surface area contributed by atoms with E-state index in [1.54, 1.807) is 0 Å². The fourth-order valence-electron chi connectivity index (χ4n) is 3.10. The van der Waals surface area contributed by atoms with Gasteiger partial charge in [0.1, 0.15) is 11.2 Å². The first kappa shape index (κ1) is 20.2. The number of hydrogen-bond donors (Lipinski definition) is 1. The van der Waals surface area contributed by atoms with Gasteiger partial charge in [-0.3, -0.25) is 4.79 Å². The molecule has 3 rings (SSSR count). The summed E-state index contributed by atoms with van der Waals surface area (Å²) in [5.41, 5.74) is 3.32. The molecule has 1 saturated carbocycles. The van der Waals surface area contributed by atoms with Crippen molar-refractivity contribution in [3.8, 4) is 0 Å². The smallest absolute Gasteiger partial charge is 0.407 e. The quantitative estimate of drug-likeness (QED) is 0.732. The van der Waals surface area contributed by atoms with Crippen molar-refractivity contribution in [1.29, 1.82) is 0 Å². The van der Waals surface area contributed by atoms with Crippen molar-refractivity contribution in [2.24, 2.45) is 0 Å². The average molecular weight is 387 g/mol. The van der Waals surface area contributed by atoms with Crippen LogP contribution in [0.4, 0.5) is 4.79 Å². The number of amides is 1. The lowest BCUT2D eigenvalue weighted by Gasteiger charge is -2.19. The fraction of sp³-hybridized carbons (Fsp3) is 0.571. The van der Waals surface area contributed by atoms with Crippen molar-refractivity contribution in [3.05, 3.63) is 35.3 Å². The molecule has 1 aliphatic rings. The summed E-state index contributed by atoms with van der Waals surface area (Å²) in [4.78, 5) is 28.3. The number of carbonyl (C=O) groups excluding carboxylic acids is 2. The molecule has 0 radical (unpaired) electrons. The molecule has 7 heteroatoms. The Kier molecular flexibility index (Phi) is 5.91. The molecule has 0 bridgehead atoms. The molecule has 0 unspecified atom stereocenters. The number of aromatic nitrogens is 2. The number of rotatable bonds is 7. The molecule has 2 aromatic heterocycles. The molecule has 0 saturated heterocycles. The van der Waals surface area contributed by atoms with E-state index >= 15 is 0 Å². The number of fused-ring (bicyclic) bond motifs is 1. The Morgan fingerprint density at radius 1 is 1.29 bits per heavy atom. The van der Waals surface area contributed by atoms with E-state index in [1.165, 1.54) is 18.4 Å². The van der Waals surface area contributed by atoms with Crippen LogP contribution in [0.5, 0.6) is 0 Å². The summed E-state index contributed by atoms with van der Waals surface area (Å²) in [6.07, 6.45) is 6.87. The molecule has 0 aliphatic heterocycles. The second kappa shape index (κ2) is 8.20. The van der Waals surface area contributed by atoms with E-state index in [-0.39, 0.29) is 12.5 Å². The summed E-state index contributed by atoms with van der Waals surface area (Å²) in [7, 11) is 0.